The van der Waals surface area contributed by atoms with Crippen LogP contribution >= 0.6 is 23.2 Å². The van der Waals surface area contributed by atoms with Gasteiger partial charge in [0.2, 0.25) is 0 Å². The Kier molecular flexibility index (Phi) is 6.84. The number of aromatic amines is 1. The van der Waals surface area contributed by atoms with Crippen LogP contribution in [-0.4, -0.2) is 59.6 Å². The lowest BCUT2D eigenvalue weighted by Crippen LogP contribution is -2.52. The van der Waals surface area contributed by atoms with Gasteiger partial charge >= 0.3 is 18.0 Å². The van der Waals surface area contributed by atoms with Gasteiger partial charge in [-0.25, -0.2) is 14.6 Å². The second-order valence-corrected chi connectivity index (χ2v) is 7.43. The van der Waals surface area contributed by atoms with Gasteiger partial charge in [0.05, 0.1) is 32.7 Å². The number of rotatable bonds is 5. The Morgan fingerprint density at radius 2 is 2.07 bits per heavy atom. The lowest BCUT2D eigenvalue weighted by Gasteiger charge is -2.36. The first kappa shape index (κ1) is 21.9. The third-order valence-electron chi connectivity index (χ3n) is 4.82. The molecule has 9 nitrogen and oxygen atoms in total. The zero-order valence-corrected chi connectivity index (χ0v) is 17.8. The van der Waals surface area contributed by atoms with Crippen molar-refractivity contribution in [1.82, 2.24) is 20.2 Å². The molecule has 2 heterocycles. The van der Waals surface area contributed by atoms with Gasteiger partial charge in [-0.2, -0.15) is 0 Å². The maximum absolute atomic E-state index is 13.1. The molecule has 0 radical (unpaired) electrons. The van der Waals surface area contributed by atoms with E-state index < -0.39 is 30.1 Å². The molecule has 160 valence electrons. The summed E-state index contributed by atoms with van der Waals surface area (Å²) in [5.41, 5.74) is 2.16. The molecule has 0 bridgehead atoms. The molecular formula is C19H20Cl2N4O5. The first-order valence-electron chi connectivity index (χ1n) is 9.04. The largest absolute Gasteiger partial charge is 0.469 e. The fraction of sp³-hybridized carbons (Fsp3) is 0.368. The highest BCUT2D eigenvalue weighted by molar-refractivity contribution is 6.35. The van der Waals surface area contributed by atoms with E-state index in [-0.39, 0.29) is 6.42 Å². The number of carbonyl (C=O) groups is 3. The molecule has 0 aliphatic carbocycles. The van der Waals surface area contributed by atoms with Crippen molar-refractivity contribution >= 4 is 41.2 Å². The number of ether oxygens (including phenoxy) is 2. The molecule has 0 unspecified atom stereocenters. The molecule has 0 saturated heterocycles. The predicted molar refractivity (Wildman–Crippen MR) is 108 cm³/mol. The summed E-state index contributed by atoms with van der Waals surface area (Å²) >= 11 is 12.4. The van der Waals surface area contributed by atoms with Crippen molar-refractivity contribution in [1.29, 1.82) is 0 Å². The van der Waals surface area contributed by atoms with Crippen LogP contribution < -0.4 is 5.32 Å². The molecular weight excluding hydrogens is 435 g/mol. The van der Waals surface area contributed by atoms with Gasteiger partial charge in [-0.3, -0.25) is 4.79 Å². The lowest BCUT2D eigenvalue weighted by atomic mass is 9.96. The summed E-state index contributed by atoms with van der Waals surface area (Å²) in [5.74, 6) is -1.41. The van der Waals surface area contributed by atoms with Gasteiger partial charge in [0.1, 0.15) is 12.1 Å². The maximum atomic E-state index is 13.1. The van der Waals surface area contributed by atoms with Crippen LogP contribution in [0.4, 0.5) is 4.79 Å². The zero-order valence-electron chi connectivity index (χ0n) is 16.3. The third-order valence-corrected chi connectivity index (χ3v) is 5.39. The van der Waals surface area contributed by atoms with Gasteiger partial charge in [0.25, 0.3) is 0 Å². The highest BCUT2D eigenvalue weighted by Gasteiger charge is 2.37. The van der Waals surface area contributed by atoms with Crippen LogP contribution in [0.15, 0.2) is 24.5 Å². The molecule has 1 aliphatic heterocycles. The van der Waals surface area contributed by atoms with E-state index >= 15 is 0 Å². The second-order valence-electron chi connectivity index (χ2n) is 6.58. The highest BCUT2D eigenvalue weighted by Crippen LogP contribution is 2.37. The van der Waals surface area contributed by atoms with Crippen molar-refractivity contribution in [3.63, 3.8) is 0 Å². The topological polar surface area (TPSA) is 114 Å². The number of aromatic nitrogens is 2. The average molecular weight is 455 g/mol. The van der Waals surface area contributed by atoms with Crippen LogP contribution in [-0.2, 0) is 25.5 Å². The minimum absolute atomic E-state index is 0.330. The molecule has 2 aromatic rings. The Morgan fingerprint density at radius 1 is 1.30 bits per heavy atom. The fourth-order valence-electron chi connectivity index (χ4n) is 3.35. The smallest absolute Gasteiger partial charge is 0.329 e. The van der Waals surface area contributed by atoms with E-state index in [9.17, 15) is 14.4 Å². The maximum Gasteiger partial charge on any atom is 0.329 e. The summed E-state index contributed by atoms with van der Waals surface area (Å²) in [6, 6.07) is 2.61. The van der Waals surface area contributed by atoms with Gasteiger partial charge in [-0.05, 0) is 17.7 Å². The summed E-state index contributed by atoms with van der Waals surface area (Å²) in [6.45, 7) is 0.330. The number of urea groups is 1. The number of halogens is 2. The number of H-pyrrole nitrogens is 1. The van der Waals surface area contributed by atoms with E-state index in [0.717, 1.165) is 5.69 Å². The quantitative estimate of drug-likeness (QED) is 0.670. The van der Waals surface area contributed by atoms with E-state index in [1.807, 2.05) is 0 Å². The van der Waals surface area contributed by atoms with E-state index in [2.05, 4.69) is 20.0 Å². The van der Waals surface area contributed by atoms with Crippen molar-refractivity contribution in [3.05, 3.63) is 51.5 Å². The van der Waals surface area contributed by atoms with Crippen LogP contribution in [0.25, 0.3) is 0 Å². The standard InChI is InChI=1S/C19H20Cl2N4O5/c1-29-15(26)8-14(18(27)30-2)24-19(28)25-6-5-13-16(23-9-22-13)17(25)11-4-3-10(20)7-12(11)21/h3-4,7,9,14,17H,5-6,8H2,1-2H3,(H,22,23)(H,24,28)/t14-,17-/m1/s1. The van der Waals surface area contributed by atoms with E-state index in [1.165, 1.54) is 19.1 Å². The Bertz CT molecular complexity index is 964. The Balaban J connectivity index is 1.93. The van der Waals surface area contributed by atoms with E-state index in [1.54, 1.807) is 24.5 Å². The fourth-order valence-corrected chi connectivity index (χ4v) is 3.86. The first-order valence-corrected chi connectivity index (χ1v) is 9.80. The van der Waals surface area contributed by atoms with Gasteiger partial charge in [0, 0.05) is 28.7 Å². The Hall–Kier alpha value is -2.78. The van der Waals surface area contributed by atoms with Gasteiger partial charge in [-0.1, -0.05) is 29.3 Å². The molecule has 1 aromatic heterocycles. The number of methoxy groups -OCH3 is 2. The van der Waals surface area contributed by atoms with Gasteiger partial charge in [-0.15, -0.1) is 0 Å². The second kappa shape index (κ2) is 9.36. The number of hydrogen-bond acceptors (Lipinski definition) is 6. The molecule has 3 rings (SSSR count). The number of benzene rings is 1. The zero-order chi connectivity index (χ0) is 21.8. The van der Waals surface area contributed by atoms with E-state index in [4.69, 9.17) is 27.9 Å². The van der Waals surface area contributed by atoms with Crippen molar-refractivity contribution in [2.24, 2.45) is 0 Å². The molecule has 2 N–H and O–H groups in total. The van der Waals surface area contributed by atoms with Crippen LogP contribution in [0.3, 0.4) is 0 Å². The molecule has 1 aliphatic rings. The summed E-state index contributed by atoms with van der Waals surface area (Å²) in [5, 5.41) is 3.40. The van der Waals surface area contributed by atoms with Crippen LogP contribution in [0, 0.1) is 0 Å². The Labute approximate surface area is 182 Å². The summed E-state index contributed by atoms with van der Waals surface area (Å²) in [7, 11) is 2.37. The number of amides is 2. The molecule has 2 amide bonds. The van der Waals surface area contributed by atoms with Crippen molar-refractivity contribution < 1.29 is 23.9 Å². The number of carbonyl (C=O) groups excluding carboxylic acids is 3. The number of nitrogens with zero attached hydrogens (tertiary/aromatic N) is 2. The summed E-state index contributed by atoms with van der Waals surface area (Å²) in [4.78, 5) is 45.8. The summed E-state index contributed by atoms with van der Waals surface area (Å²) < 4.78 is 9.30. The minimum Gasteiger partial charge on any atom is -0.469 e. The predicted octanol–water partition coefficient (Wildman–Crippen LogP) is 2.48. The molecule has 0 saturated carbocycles. The van der Waals surface area contributed by atoms with Crippen molar-refractivity contribution in [2.75, 3.05) is 20.8 Å². The number of imidazole rings is 1. The van der Waals surface area contributed by atoms with E-state index in [0.29, 0.717) is 34.3 Å². The van der Waals surface area contributed by atoms with Crippen LogP contribution in [0.1, 0.15) is 29.4 Å². The van der Waals surface area contributed by atoms with Gasteiger partial charge in [0.15, 0.2) is 0 Å². The Morgan fingerprint density at radius 3 is 2.73 bits per heavy atom. The van der Waals surface area contributed by atoms with Crippen molar-refractivity contribution in [2.45, 2.75) is 24.9 Å². The van der Waals surface area contributed by atoms with Crippen molar-refractivity contribution in [3.8, 4) is 0 Å². The highest BCUT2D eigenvalue weighted by atomic mass is 35.5. The first-order chi connectivity index (χ1) is 14.3. The number of nitrogens with one attached hydrogen (secondary N) is 2. The normalized spacial score (nSPS) is 16.4. The molecule has 11 heteroatoms. The number of fused-ring (bicyclic) bond motifs is 1. The molecule has 0 spiro atoms. The average Bonchev–Trinajstić information content (AvgIpc) is 3.21. The third kappa shape index (κ3) is 4.52. The van der Waals surface area contributed by atoms with Crippen LogP contribution in [0.2, 0.25) is 10.0 Å². The number of esters is 2. The molecule has 30 heavy (non-hydrogen) atoms. The van der Waals surface area contributed by atoms with Gasteiger partial charge < -0.3 is 24.7 Å². The molecule has 1 aromatic carbocycles. The molecule has 0 fully saturated rings. The SMILES string of the molecule is COC(=O)C[C@@H](NC(=O)N1CCc2[nH]cnc2[C@H]1c1ccc(Cl)cc1Cl)C(=O)OC. The summed E-state index contributed by atoms with van der Waals surface area (Å²) in [6.07, 6.45) is 1.73. The van der Waals surface area contributed by atoms with Crippen LogP contribution in [0.5, 0.6) is 0 Å². The number of hydrogen-bond donors (Lipinski definition) is 2. The molecule has 2 atom stereocenters. The minimum atomic E-state index is -1.20. The lowest BCUT2D eigenvalue weighted by molar-refractivity contribution is -0.149. The monoisotopic (exact) mass is 454 g/mol.